The Balaban J connectivity index is 1.97. The van der Waals surface area contributed by atoms with E-state index in [0.29, 0.717) is 5.41 Å². The number of hydrogen-bond acceptors (Lipinski definition) is 0. The summed E-state index contributed by atoms with van der Waals surface area (Å²) >= 11 is 0. The van der Waals surface area contributed by atoms with Gasteiger partial charge in [-0.15, -0.1) is 0 Å². The summed E-state index contributed by atoms with van der Waals surface area (Å²) in [6, 6.07) is 0. The molecule has 2 aliphatic carbocycles. The van der Waals surface area contributed by atoms with Gasteiger partial charge < -0.3 is 0 Å². The van der Waals surface area contributed by atoms with Crippen molar-refractivity contribution in [1.29, 1.82) is 0 Å². The first-order chi connectivity index (χ1) is 5.62. The lowest BCUT2D eigenvalue weighted by molar-refractivity contribution is -0.0657. The van der Waals surface area contributed by atoms with Gasteiger partial charge in [0.25, 0.3) is 0 Å². The minimum atomic E-state index is -2.34. The molecule has 1 spiro atoms. The van der Waals surface area contributed by atoms with E-state index in [2.05, 4.69) is 0 Å². The maximum atomic E-state index is 12.8. The second-order valence-corrected chi connectivity index (χ2v) is 4.56. The Kier molecular flexibility index (Phi) is 1.89. The molecule has 0 bridgehead atoms. The first kappa shape index (κ1) is 8.46. The Morgan fingerprint density at radius 2 is 1.17 bits per heavy atom. The predicted octanol–water partition coefficient (Wildman–Crippen LogP) is 3.76. The molecule has 0 heterocycles. The van der Waals surface area contributed by atoms with E-state index in [-0.39, 0.29) is 12.8 Å². The van der Waals surface area contributed by atoms with Gasteiger partial charge in [0.05, 0.1) is 0 Å². The van der Waals surface area contributed by atoms with Gasteiger partial charge >= 0.3 is 0 Å². The zero-order valence-electron chi connectivity index (χ0n) is 7.41. The van der Waals surface area contributed by atoms with E-state index < -0.39 is 5.92 Å². The summed E-state index contributed by atoms with van der Waals surface area (Å²) in [4.78, 5) is 0. The van der Waals surface area contributed by atoms with Crippen molar-refractivity contribution in [2.75, 3.05) is 0 Å². The summed E-state index contributed by atoms with van der Waals surface area (Å²) in [6.07, 6.45) is 6.81. The molecule has 2 aliphatic rings. The minimum Gasteiger partial charge on any atom is -0.207 e. The standard InChI is InChI=1S/C10H16F2/c11-10(12)7-5-9(6-8-10)3-1-2-4-9/h1-8H2. The largest absolute Gasteiger partial charge is 0.248 e. The van der Waals surface area contributed by atoms with Crippen molar-refractivity contribution in [2.24, 2.45) is 5.41 Å². The van der Waals surface area contributed by atoms with Crippen LogP contribution < -0.4 is 0 Å². The normalized spacial score (nSPS) is 32.5. The van der Waals surface area contributed by atoms with Crippen LogP contribution >= 0.6 is 0 Å². The quantitative estimate of drug-likeness (QED) is 0.524. The van der Waals surface area contributed by atoms with E-state index >= 15 is 0 Å². The summed E-state index contributed by atoms with van der Waals surface area (Å²) in [5.74, 6) is -2.34. The molecule has 2 fully saturated rings. The molecule has 2 heteroatoms. The van der Waals surface area contributed by atoms with Gasteiger partial charge in [0.15, 0.2) is 0 Å². The number of halogens is 2. The zero-order valence-corrected chi connectivity index (χ0v) is 7.41. The molecule has 0 atom stereocenters. The van der Waals surface area contributed by atoms with Crippen LogP contribution in [0.2, 0.25) is 0 Å². The van der Waals surface area contributed by atoms with Crippen LogP contribution in [0.3, 0.4) is 0 Å². The third-order valence-electron chi connectivity index (χ3n) is 3.71. The molecule has 0 amide bonds. The number of alkyl halides is 2. The van der Waals surface area contributed by atoms with E-state index in [9.17, 15) is 8.78 Å². The minimum absolute atomic E-state index is 0.146. The van der Waals surface area contributed by atoms with Crippen LogP contribution in [-0.2, 0) is 0 Å². The Labute approximate surface area is 72.3 Å². The average Bonchev–Trinajstić information content (AvgIpc) is 2.46. The van der Waals surface area contributed by atoms with E-state index in [4.69, 9.17) is 0 Å². The van der Waals surface area contributed by atoms with Crippen LogP contribution in [-0.4, -0.2) is 5.92 Å². The highest BCUT2D eigenvalue weighted by Gasteiger charge is 2.44. The van der Waals surface area contributed by atoms with E-state index in [1.54, 1.807) is 0 Å². The third-order valence-corrected chi connectivity index (χ3v) is 3.71. The summed E-state index contributed by atoms with van der Waals surface area (Å²) in [5, 5.41) is 0. The molecule has 12 heavy (non-hydrogen) atoms. The second kappa shape index (κ2) is 2.68. The Bertz CT molecular complexity index is 157. The van der Waals surface area contributed by atoms with E-state index in [0.717, 1.165) is 12.8 Å². The lowest BCUT2D eigenvalue weighted by Gasteiger charge is -2.37. The molecule has 0 N–H and O–H groups in total. The van der Waals surface area contributed by atoms with Gasteiger partial charge in [-0.1, -0.05) is 12.8 Å². The Morgan fingerprint density at radius 3 is 1.67 bits per heavy atom. The molecular formula is C10H16F2. The average molecular weight is 174 g/mol. The predicted molar refractivity (Wildman–Crippen MR) is 44.3 cm³/mol. The van der Waals surface area contributed by atoms with Gasteiger partial charge in [-0.3, -0.25) is 0 Å². The smallest absolute Gasteiger partial charge is 0.207 e. The van der Waals surface area contributed by atoms with Crippen molar-refractivity contribution in [2.45, 2.75) is 57.3 Å². The van der Waals surface area contributed by atoms with Gasteiger partial charge in [-0.25, -0.2) is 8.78 Å². The number of hydrogen-bond donors (Lipinski definition) is 0. The van der Waals surface area contributed by atoms with E-state index in [1.165, 1.54) is 25.7 Å². The van der Waals surface area contributed by atoms with Gasteiger partial charge in [0.1, 0.15) is 0 Å². The van der Waals surface area contributed by atoms with Gasteiger partial charge in [-0.2, -0.15) is 0 Å². The highest BCUT2D eigenvalue weighted by Crippen LogP contribution is 2.52. The lowest BCUT2D eigenvalue weighted by Crippen LogP contribution is -2.31. The molecular weight excluding hydrogens is 158 g/mol. The summed E-state index contributed by atoms with van der Waals surface area (Å²) in [5.41, 5.74) is 0.349. The fraction of sp³-hybridized carbons (Fsp3) is 1.00. The Morgan fingerprint density at radius 1 is 0.667 bits per heavy atom. The number of rotatable bonds is 0. The molecule has 0 saturated heterocycles. The maximum Gasteiger partial charge on any atom is 0.248 e. The van der Waals surface area contributed by atoms with Crippen molar-refractivity contribution >= 4 is 0 Å². The van der Waals surface area contributed by atoms with Crippen molar-refractivity contribution in [3.05, 3.63) is 0 Å². The molecule has 0 nitrogen and oxygen atoms in total. The maximum absolute atomic E-state index is 12.8. The van der Waals surface area contributed by atoms with Gasteiger partial charge in [-0.05, 0) is 31.1 Å². The van der Waals surface area contributed by atoms with Crippen LogP contribution in [0.1, 0.15) is 51.4 Å². The van der Waals surface area contributed by atoms with Crippen molar-refractivity contribution in [3.63, 3.8) is 0 Å². The van der Waals surface area contributed by atoms with Crippen LogP contribution in [0.5, 0.6) is 0 Å². The molecule has 0 aromatic heterocycles. The van der Waals surface area contributed by atoms with Crippen molar-refractivity contribution in [3.8, 4) is 0 Å². The van der Waals surface area contributed by atoms with E-state index in [1.807, 2.05) is 0 Å². The molecule has 0 radical (unpaired) electrons. The van der Waals surface area contributed by atoms with Gasteiger partial charge in [0, 0.05) is 12.8 Å². The van der Waals surface area contributed by atoms with Crippen LogP contribution in [0, 0.1) is 5.41 Å². The second-order valence-electron chi connectivity index (χ2n) is 4.56. The highest BCUT2D eigenvalue weighted by atomic mass is 19.3. The first-order valence-corrected chi connectivity index (χ1v) is 5.00. The monoisotopic (exact) mass is 174 g/mol. The first-order valence-electron chi connectivity index (χ1n) is 5.00. The molecule has 0 aromatic rings. The lowest BCUT2D eigenvalue weighted by atomic mass is 9.72. The highest BCUT2D eigenvalue weighted by molar-refractivity contribution is 4.91. The molecule has 2 rings (SSSR count). The van der Waals surface area contributed by atoms with Crippen molar-refractivity contribution in [1.82, 2.24) is 0 Å². The molecule has 70 valence electrons. The fourth-order valence-corrected chi connectivity index (χ4v) is 2.77. The fourth-order valence-electron chi connectivity index (χ4n) is 2.77. The molecule has 0 unspecified atom stereocenters. The zero-order chi connectivity index (χ0) is 8.66. The topological polar surface area (TPSA) is 0 Å². The summed E-state index contributed by atoms with van der Waals surface area (Å²) in [7, 11) is 0. The van der Waals surface area contributed by atoms with Crippen LogP contribution in [0.15, 0.2) is 0 Å². The van der Waals surface area contributed by atoms with Crippen molar-refractivity contribution < 1.29 is 8.78 Å². The Hall–Kier alpha value is -0.140. The molecule has 2 saturated carbocycles. The molecule has 0 aromatic carbocycles. The van der Waals surface area contributed by atoms with Gasteiger partial charge in [0.2, 0.25) is 5.92 Å². The van der Waals surface area contributed by atoms with Crippen LogP contribution in [0.25, 0.3) is 0 Å². The molecule has 0 aliphatic heterocycles. The summed E-state index contributed by atoms with van der Waals surface area (Å²) in [6.45, 7) is 0. The SMILES string of the molecule is FC1(F)CCC2(CCCC2)CC1. The summed E-state index contributed by atoms with van der Waals surface area (Å²) < 4.78 is 25.7. The third kappa shape index (κ3) is 1.48. The van der Waals surface area contributed by atoms with Crippen LogP contribution in [0.4, 0.5) is 8.78 Å².